The van der Waals surface area contributed by atoms with Crippen LogP contribution in [-0.2, 0) is 16.1 Å². The standard InChI is InChI=1S/C20H23N5O2/c26-20(15-25-19-9-5-4-8-17(19)22-23-25)21-18(16-6-2-1-3-7-16)14-24-10-12-27-13-11-24/h1-9,18H,10-15H2,(H,21,26). The van der Waals surface area contributed by atoms with Crippen molar-refractivity contribution in [3.63, 3.8) is 0 Å². The van der Waals surface area contributed by atoms with Gasteiger partial charge in [-0.15, -0.1) is 5.10 Å². The number of aromatic nitrogens is 3. The lowest BCUT2D eigenvalue weighted by atomic mass is 10.1. The van der Waals surface area contributed by atoms with Gasteiger partial charge in [-0.2, -0.15) is 0 Å². The highest BCUT2D eigenvalue weighted by Gasteiger charge is 2.20. The Labute approximate surface area is 157 Å². The van der Waals surface area contributed by atoms with Crippen LogP contribution in [0.3, 0.4) is 0 Å². The van der Waals surface area contributed by atoms with Gasteiger partial charge in [0, 0.05) is 19.6 Å². The molecule has 7 nitrogen and oxygen atoms in total. The number of amides is 1. The number of benzene rings is 2. The maximum atomic E-state index is 12.7. The van der Waals surface area contributed by atoms with Gasteiger partial charge in [0.2, 0.25) is 5.91 Å². The lowest BCUT2D eigenvalue weighted by molar-refractivity contribution is -0.122. The molecular weight excluding hydrogens is 342 g/mol. The van der Waals surface area contributed by atoms with Crippen molar-refractivity contribution in [2.24, 2.45) is 0 Å². The van der Waals surface area contributed by atoms with E-state index in [0.717, 1.165) is 49.4 Å². The van der Waals surface area contributed by atoms with Crippen LogP contribution in [0, 0.1) is 0 Å². The first kappa shape index (κ1) is 17.6. The van der Waals surface area contributed by atoms with E-state index in [1.165, 1.54) is 0 Å². The molecule has 1 fully saturated rings. The Morgan fingerprint density at radius 3 is 2.63 bits per heavy atom. The second kappa shape index (κ2) is 8.28. The van der Waals surface area contributed by atoms with Crippen molar-refractivity contribution in [3.05, 3.63) is 60.2 Å². The molecule has 0 saturated carbocycles. The van der Waals surface area contributed by atoms with Crippen LogP contribution < -0.4 is 5.32 Å². The summed E-state index contributed by atoms with van der Waals surface area (Å²) < 4.78 is 7.07. The number of rotatable bonds is 6. The molecule has 7 heteroatoms. The van der Waals surface area contributed by atoms with Crippen LogP contribution in [0.4, 0.5) is 0 Å². The van der Waals surface area contributed by atoms with Gasteiger partial charge in [0.1, 0.15) is 12.1 Å². The Morgan fingerprint density at radius 2 is 1.81 bits per heavy atom. The monoisotopic (exact) mass is 365 g/mol. The predicted octanol–water partition coefficient (Wildman–Crippen LogP) is 1.62. The van der Waals surface area contributed by atoms with Crippen molar-refractivity contribution in [2.45, 2.75) is 12.6 Å². The van der Waals surface area contributed by atoms with Crippen LogP contribution >= 0.6 is 0 Å². The molecule has 0 bridgehead atoms. The van der Waals surface area contributed by atoms with Gasteiger partial charge in [0.15, 0.2) is 0 Å². The summed E-state index contributed by atoms with van der Waals surface area (Å²) in [7, 11) is 0. The average Bonchev–Trinajstić information content (AvgIpc) is 3.12. The number of para-hydroxylation sites is 1. The molecule has 1 aliphatic heterocycles. The van der Waals surface area contributed by atoms with Crippen molar-refractivity contribution in [3.8, 4) is 0 Å². The Balaban J connectivity index is 1.47. The van der Waals surface area contributed by atoms with E-state index in [4.69, 9.17) is 4.74 Å². The molecule has 4 rings (SSSR count). The molecule has 1 unspecified atom stereocenters. The Bertz CT molecular complexity index is 890. The predicted molar refractivity (Wildman–Crippen MR) is 102 cm³/mol. The summed E-state index contributed by atoms with van der Waals surface area (Å²) in [6.07, 6.45) is 0. The summed E-state index contributed by atoms with van der Waals surface area (Å²) in [6, 6.07) is 17.7. The maximum Gasteiger partial charge on any atom is 0.242 e. The fourth-order valence-electron chi connectivity index (χ4n) is 3.37. The fourth-order valence-corrected chi connectivity index (χ4v) is 3.37. The van der Waals surface area contributed by atoms with Crippen LogP contribution in [0.5, 0.6) is 0 Å². The third-order valence-electron chi connectivity index (χ3n) is 4.80. The zero-order chi connectivity index (χ0) is 18.5. The van der Waals surface area contributed by atoms with Crippen LogP contribution in [-0.4, -0.2) is 58.6 Å². The minimum absolute atomic E-state index is 0.0761. The molecular formula is C20H23N5O2. The highest BCUT2D eigenvalue weighted by Crippen LogP contribution is 2.16. The Hall–Kier alpha value is -2.77. The average molecular weight is 365 g/mol. The molecule has 1 aliphatic rings. The number of ether oxygens (including phenoxy) is 1. The second-order valence-electron chi connectivity index (χ2n) is 6.68. The lowest BCUT2D eigenvalue weighted by Gasteiger charge is -2.31. The first-order valence-electron chi connectivity index (χ1n) is 9.22. The molecule has 2 aromatic carbocycles. The van der Waals surface area contributed by atoms with Crippen LogP contribution in [0.1, 0.15) is 11.6 Å². The Morgan fingerprint density at radius 1 is 1.07 bits per heavy atom. The van der Waals surface area contributed by atoms with Gasteiger partial charge in [-0.05, 0) is 17.7 Å². The molecule has 0 radical (unpaired) electrons. The number of fused-ring (bicyclic) bond motifs is 1. The molecule has 0 aliphatic carbocycles. The summed E-state index contributed by atoms with van der Waals surface area (Å²) in [5.41, 5.74) is 2.75. The zero-order valence-corrected chi connectivity index (χ0v) is 15.1. The topological polar surface area (TPSA) is 72.3 Å². The third-order valence-corrected chi connectivity index (χ3v) is 4.80. The van der Waals surface area contributed by atoms with Crippen molar-refractivity contribution in [1.82, 2.24) is 25.2 Å². The minimum atomic E-state index is -0.0772. The Kier molecular flexibility index (Phi) is 5.41. The maximum absolute atomic E-state index is 12.7. The van der Waals surface area contributed by atoms with Gasteiger partial charge in [0.05, 0.1) is 24.8 Å². The molecule has 27 heavy (non-hydrogen) atoms. The van der Waals surface area contributed by atoms with Crippen molar-refractivity contribution in [1.29, 1.82) is 0 Å². The van der Waals surface area contributed by atoms with Crippen LogP contribution in [0.2, 0.25) is 0 Å². The number of nitrogens with one attached hydrogen (secondary N) is 1. The second-order valence-corrected chi connectivity index (χ2v) is 6.68. The molecule has 1 aromatic heterocycles. The number of nitrogens with zero attached hydrogens (tertiary/aromatic N) is 4. The molecule has 1 saturated heterocycles. The van der Waals surface area contributed by atoms with E-state index in [-0.39, 0.29) is 18.5 Å². The van der Waals surface area contributed by atoms with E-state index in [0.29, 0.717) is 0 Å². The molecule has 1 N–H and O–H groups in total. The molecule has 1 amide bonds. The number of morpholine rings is 1. The van der Waals surface area contributed by atoms with E-state index < -0.39 is 0 Å². The van der Waals surface area contributed by atoms with Crippen molar-refractivity contribution < 1.29 is 9.53 Å². The smallest absolute Gasteiger partial charge is 0.242 e. The first-order chi connectivity index (χ1) is 13.3. The quantitative estimate of drug-likeness (QED) is 0.719. The molecule has 0 spiro atoms. The number of carbonyl (C=O) groups is 1. The molecule has 1 atom stereocenters. The third kappa shape index (κ3) is 4.32. The minimum Gasteiger partial charge on any atom is -0.379 e. The van der Waals surface area contributed by atoms with Gasteiger partial charge < -0.3 is 10.1 Å². The zero-order valence-electron chi connectivity index (χ0n) is 15.1. The summed E-state index contributed by atoms with van der Waals surface area (Å²) in [4.78, 5) is 15.1. The normalized spacial score (nSPS) is 16.3. The SMILES string of the molecule is O=C(Cn1nnc2ccccc21)NC(CN1CCOCC1)c1ccccc1. The largest absolute Gasteiger partial charge is 0.379 e. The van der Waals surface area contributed by atoms with Gasteiger partial charge in [-0.3, -0.25) is 9.69 Å². The van der Waals surface area contributed by atoms with Gasteiger partial charge in [0.25, 0.3) is 0 Å². The molecule has 140 valence electrons. The van der Waals surface area contributed by atoms with Gasteiger partial charge >= 0.3 is 0 Å². The number of carbonyl (C=O) groups excluding carboxylic acids is 1. The van der Waals surface area contributed by atoms with Crippen molar-refractivity contribution >= 4 is 16.9 Å². The summed E-state index contributed by atoms with van der Waals surface area (Å²) >= 11 is 0. The van der Waals surface area contributed by atoms with Crippen LogP contribution in [0.15, 0.2) is 54.6 Å². The summed E-state index contributed by atoms with van der Waals surface area (Å²) in [5, 5.41) is 11.4. The van der Waals surface area contributed by atoms with E-state index in [1.807, 2.05) is 42.5 Å². The molecule has 3 aromatic rings. The highest BCUT2D eigenvalue weighted by atomic mass is 16.5. The summed E-state index contributed by atoms with van der Waals surface area (Å²) in [5.74, 6) is -0.0761. The highest BCUT2D eigenvalue weighted by molar-refractivity contribution is 5.80. The van der Waals surface area contributed by atoms with E-state index >= 15 is 0 Å². The lowest BCUT2D eigenvalue weighted by Crippen LogP contribution is -2.43. The van der Waals surface area contributed by atoms with E-state index in [1.54, 1.807) is 4.68 Å². The fraction of sp³-hybridized carbons (Fsp3) is 0.350. The van der Waals surface area contributed by atoms with E-state index in [2.05, 4.69) is 32.7 Å². The number of hydrogen-bond donors (Lipinski definition) is 1. The van der Waals surface area contributed by atoms with Crippen LogP contribution in [0.25, 0.3) is 11.0 Å². The van der Waals surface area contributed by atoms with E-state index in [9.17, 15) is 4.79 Å². The summed E-state index contributed by atoms with van der Waals surface area (Å²) in [6.45, 7) is 4.14. The first-order valence-corrected chi connectivity index (χ1v) is 9.22. The van der Waals surface area contributed by atoms with Gasteiger partial charge in [-0.25, -0.2) is 4.68 Å². The number of hydrogen-bond acceptors (Lipinski definition) is 5. The van der Waals surface area contributed by atoms with Gasteiger partial charge in [-0.1, -0.05) is 47.7 Å². The molecule has 2 heterocycles. The van der Waals surface area contributed by atoms with Crippen molar-refractivity contribution in [2.75, 3.05) is 32.8 Å².